The molecule has 2 atom stereocenters. The minimum absolute atomic E-state index is 0.290. The van der Waals surface area contributed by atoms with E-state index < -0.39 is 10.0 Å². The Labute approximate surface area is 125 Å². The highest BCUT2D eigenvalue weighted by molar-refractivity contribution is 9.09. The Balaban J connectivity index is 1.93. The summed E-state index contributed by atoms with van der Waals surface area (Å²) in [6.45, 7) is 0.514. The van der Waals surface area contributed by atoms with E-state index in [-0.39, 0.29) is 0 Å². The Kier molecular flexibility index (Phi) is 5.11. The minimum atomic E-state index is -3.39. The first kappa shape index (κ1) is 14.8. The molecule has 2 unspecified atom stereocenters. The smallest absolute Gasteiger partial charge is 0.210 e. The number of alkyl halides is 1. The lowest BCUT2D eigenvalue weighted by molar-refractivity contribution is 0.368. The first-order chi connectivity index (χ1) is 8.47. The van der Waals surface area contributed by atoms with Crippen molar-refractivity contribution >= 4 is 48.9 Å². The van der Waals surface area contributed by atoms with Gasteiger partial charge in [-0.25, -0.2) is 13.1 Å². The van der Waals surface area contributed by atoms with Gasteiger partial charge in [0.05, 0.1) is 4.34 Å². The molecule has 0 spiro atoms. The van der Waals surface area contributed by atoms with Crippen molar-refractivity contribution in [2.45, 2.75) is 34.7 Å². The van der Waals surface area contributed by atoms with Crippen LogP contribution < -0.4 is 4.72 Å². The van der Waals surface area contributed by atoms with Gasteiger partial charge >= 0.3 is 0 Å². The Hall–Kier alpha value is 0.380. The molecule has 2 rings (SSSR count). The van der Waals surface area contributed by atoms with Gasteiger partial charge in [-0.1, -0.05) is 34.0 Å². The van der Waals surface area contributed by atoms with E-state index in [9.17, 15) is 8.42 Å². The zero-order chi connectivity index (χ0) is 13.2. The number of nitrogens with one attached hydrogen (secondary N) is 1. The van der Waals surface area contributed by atoms with Crippen LogP contribution in [-0.2, 0) is 10.0 Å². The molecule has 0 bridgehead atoms. The summed E-state index contributed by atoms with van der Waals surface area (Å²) in [7, 11) is -3.39. The normalized spacial score (nSPS) is 25.2. The molecular formula is C11H15BrClNO2S2. The summed E-state index contributed by atoms with van der Waals surface area (Å²) in [5, 5.41) is 0. The predicted molar refractivity (Wildman–Crippen MR) is 79.2 cm³/mol. The molecule has 1 aliphatic rings. The van der Waals surface area contributed by atoms with E-state index in [0.717, 1.165) is 30.6 Å². The van der Waals surface area contributed by atoms with Crippen LogP contribution in [0, 0.1) is 5.92 Å². The number of hydrogen-bond acceptors (Lipinski definition) is 3. The van der Waals surface area contributed by atoms with Crippen LogP contribution in [0.4, 0.5) is 0 Å². The molecular weight excluding hydrogens is 358 g/mol. The fraction of sp³-hybridized carbons (Fsp3) is 0.636. The second kappa shape index (κ2) is 6.22. The third kappa shape index (κ3) is 3.93. The SMILES string of the molecule is O=S(=O)(NCC1CCCC(Br)C1)c1ccc(Cl)s1. The summed E-state index contributed by atoms with van der Waals surface area (Å²) >= 11 is 10.4. The lowest BCUT2D eigenvalue weighted by Gasteiger charge is -2.25. The fourth-order valence-corrected chi connectivity index (χ4v) is 5.65. The highest BCUT2D eigenvalue weighted by Crippen LogP contribution is 2.29. The molecule has 0 saturated heterocycles. The van der Waals surface area contributed by atoms with Crippen LogP contribution in [0.15, 0.2) is 16.3 Å². The Morgan fingerprint density at radius 1 is 1.44 bits per heavy atom. The third-order valence-corrected chi connectivity index (χ3v) is 7.07. The first-order valence-corrected chi connectivity index (χ1v) is 9.46. The lowest BCUT2D eigenvalue weighted by Crippen LogP contribution is -2.31. The molecule has 1 fully saturated rings. The highest BCUT2D eigenvalue weighted by Gasteiger charge is 2.23. The van der Waals surface area contributed by atoms with E-state index in [4.69, 9.17) is 11.6 Å². The number of halogens is 2. The molecule has 0 radical (unpaired) electrons. The average Bonchev–Trinajstić information content (AvgIpc) is 2.74. The van der Waals surface area contributed by atoms with E-state index in [0.29, 0.717) is 25.8 Å². The maximum atomic E-state index is 12.0. The lowest BCUT2D eigenvalue weighted by atomic mass is 9.89. The van der Waals surface area contributed by atoms with Crippen LogP contribution in [0.25, 0.3) is 0 Å². The van der Waals surface area contributed by atoms with E-state index in [2.05, 4.69) is 20.7 Å². The summed E-state index contributed by atoms with van der Waals surface area (Å²) < 4.78 is 27.5. The molecule has 0 aromatic carbocycles. The van der Waals surface area contributed by atoms with Gasteiger partial charge in [0.2, 0.25) is 10.0 Å². The molecule has 1 aromatic heterocycles. The van der Waals surface area contributed by atoms with Gasteiger partial charge in [0, 0.05) is 11.4 Å². The zero-order valence-electron chi connectivity index (χ0n) is 9.73. The highest BCUT2D eigenvalue weighted by atomic mass is 79.9. The third-order valence-electron chi connectivity index (χ3n) is 3.09. The molecule has 7 heteroatoms. The summed E-state index contributed by atoms with van der Waals surface area (Å²) in [5.74, 6) is 0.424. The summed E-state index contributed by atoms with van der Waals surface area (Å²) in [6.07, 6.45) is 4.47. The second-order valence-electron chi connectivity index (χ2n) is 4.54. The van der Waals surface area contributed by atoms with Gasteiger partial charge in [0.25, 0.3) is 0 Å². The van der Waals surface area contributed by atoms with Crippen molar-refractivity contribution in [3.63, 3.8) is 0 Å². The van der Waals surface area contributed by atoms with E-state index in [1.54, 1.807) is 12.1 Å². The van der Waals surface area contributed by atoms with Crippen molar-refractivity contribution < 1.29 is 8.42 Å². The van der Waals surface area contributed by atoms with Crippen LogP contribution in [0.1, 0.15) is 25.7 Å². The van der Waals surface area contributed by atoms with Crippen LogP contribution in [-0.4, -0.2) is 19.8 Å². The second-order valence-corrected chi connectivity index (χ2v) is 9.54. The topological polar surface area (TPSA) is 46.2 Å². The van der Waals surface area contributed by atoms with Gasteiger partial charge in [0.1, 0.15) is 4.21 Å². The summed E-state index contributed by atoms with van der Waals surface area (Å²) in [5.41, 5.74) is 0. The quantitative estimate of drug-likeness (QED) is 0.820. The van der Waals surface area contributed by atoms with Gasteiger partial charge in [-0.05, 0) is 37.3 Å². The van der Waals surface area contributed by atoms with Gasteiger partial charge in [-0.3, -0.25) is 0 Å². The molecule has 1 N–H and O–H groups in total. The maximum absolute atomic E-state index is 12.0. The molecule has 0 amide bonds. The Bertz CT molecular complexity index is 503. The predicted octanol–water partition coefficient (Wildman–Crippen LogP) is 3.63. The minimum Gasteiger partial charge on any atom is -0.210 e. The molecule has 1 aliphatic carbocycles. The first-order valence-electron chi connectivity index (χ1n) is 5.86. The summed E-state index contributed by atoms with van der Waals surface area (Å²) in [4.78, 5) is 0.525. The van der Waals surface area contributed by atoms with Crippen molar-refractivity contribution in [1.82, 2.24) is 4.72 Å². The standard InChI is InChI=1S/C11H15BrClNO2S2/c12-9-3-1-2-8(6-9)7-14-18(15,16)11-5-4-10(13)17-11/h4-5,8-9,14H,1-3,6-7H2. The van der Waals surface area contributed by atoms with Gasteiger partial charge < -0.3 is 0 Å². The maximum Gasteiger partial charge on any atom is 0.250 e. The van der Waals surface area contributed by atoms with Crippen LogP contribution >= 0.6 is 38.9 Å². The van der Waals surface area contributed by atoms with Crippen molar-refractivity contribution in [1.29, 1.82) is 0 Å². The van der Waals surface area contributed by atoms with Gasteiger partial charge in [0.15, 0.2) is 0 Å². The fourth-order valence-electron chi connectivity index (χ4n) is 2.15. The van der Waals surface area contributed by atoms with Gasteiger partial charge in [-0.15, -0.1) is 11.3 Å². The molecule has 1 saturated carbocycles. The van der Waals surface area contributed by atoms with Gasteiger partial charge in [-0.2, -0.15) is 0 Å². The van der Waals surface area contributed by atoms with Crippen molar-refractivity contribution in [2.24, 2.45) is 5.92 Å². The summed E-state index contributed by atoms with van der Waals surface area (Å²) in [6, 6.07) is 3.15. The van der Waals surface area contributed by atoms with Crippen molar-refractivity contribution in [2.75, 3.05) is 6.54 Å². The molecule has 0 aliphatic heterocycles. The van der Waals surface area contributed by atoms with Crippen LogP contribution in [0.2, 0.25) is 4.34 Å². The Morgan fingerprint density at radius 3 is 2.83 bits per heavy atom. The number of sulfonamides is 1. The van der Waals surface area contributed by atoms with E-state index in [1.165, 1.54) is 6.42 Å². The van der Waals surface area contributed by atoms with Crippen molar-refractivity contribution in [3.05, 3.63) is 16.5 Å². The molecule has 1 heterocycles. The molecule has 3 nitrogen and oxygen atoms in total. The van der Waals surface area contributed by atoms with E-state index >= 15 is 0 Å². The number of rotatable bonds is 4. The van der Waals surface area contributed by atoms with Crippen LogP contribution in [0.3, 0.4) is 0 Å². The molecule has 18 heavy (non-hydrogen) atoms. The number of thiophene rings is 1. The van der Waals surface area contributed by atoms with E-state index in [1.807, 2.05) is 0 Å². The molecule has 1 aromatic rings. The Morgan fingerprint density at radius 2 is 2.22 bits per heavy atom. The van der Waals surface area contributed by atoms with Crippen LogP contribution in [0.5, 0.6) is 0 Å². The van der Waals surface area contributed by atoms with Crippen molar-refractivity contribution in [3.8, 4) is 0 Å². The average molecular weight is 373 g/mol. The monoisotopic (exact) mass is 371 g/mol. The largest absolute Gasteiger partial charge is 0.250 e. The zero-order valence-corrected chi connectivity index (χ0v) is 13.7. The molecule has 102 valence electrons. The number of hydrogen-bond donors (Lipinski definition) is 1.